The molecule has 146 valence electrons. The summed E-state index contributed by atoms with van der Waals surface area (Å²) in [5.74, 6) is -0.644. The van der Waals surface area contributed by atoms with Crippen LogP contribution in [-0.4, -0.2) is 58.5 Å². The highest BCUT2D eigenvalue weighted by molar-refractivity contribution is 8.00. The van der Waals surface area contributed by atoms with E-state index < -0.39 is 26.5 Å². The van der Waals surface area contributed by atoms with Crippen LogP contribution < -0.4 is 5.56 Å². The molecule has 1 aromatic carbocycles. The van der Waals surface area contributed by atoms with Crippen LogP contribution in [0.4, 0.5) is 4.39 Å². The molecular formula is C17H20FN3O4S2. The van der Waals surface area contributed by atoms with Crippen molar-refractivity contribution in [2.24, 2.45) is 0 Å². The van der Waals surface area contributed by atoms with Gasteiger partial charge in [-0.15, -0.1) is 0 Å². The van der Waals surface area contributed by atoms with E-state index in [-0.39, 0.29) is 34.0 Å². The molecule has 1 saturated heterocycles. The summed E-state index contributed by atoms with van der Waals surface area (Å²) in [5, 5.41) is -0.158. The second kappa shape index (κ2) is 7.59. The van der Waals surface area contributed by atoms with Crippen molar-refractivity contribution in [3.63, 3.8) is 0 Å². The van der Waals surface area contributed by atoms with Gasteiger partial charge < -0.3 is 9.88 Å². The van der Waals surface area contributed by atoms with Crippen LogP contribution in [0, 0.1) is 5.82 Å². The predicted octanol–water partition coefficient (Wildman–Crippen LogP) is 1.58. The Labute approximate surface area is 160 Å². The van der Waals surface area contributed by atoms with E-state index in [1.807, 2.05) is 6.92 Å². The number of halogens is 1. The van der Waals surface area contributed by atoms with Crippen LogP contribution in [0.3, 0.4) is 0 Å². The maximum atomic E-state index is 13.3. The first-order valence-electron chi connectivity index (χ1n) is 8.57. The summed E-state index contributed by atoms with van der Waals surface area (Å²) in [6.07, 6.45) is 0.440. The maximum absolute atomic E-state index is 13.3. The number of carbonyl (C=O) groups excluding carboxylic acids is 1. The number of amides is 1. The molecule has 10 heteroatoms. The fraction of sp³-hybridized carbons (Fsp3) is 0.471. The van der Waals surface area contributed by atoms with Crippen molar-refractivity contribution in [2.75, 3.05) is 18.1 Å². The molecule has 0 radical (unpaired) electrons. The Bertz CT molecular complexity index is 1040. The molecule has 3 rings (SSSR count). The molecule has 27 heavy (non-hydrogen) atoms. The fourth-order valence-electron chi connectivity index (χ4n) is 3.21. The molecular weight excluding hydrogens is 393 g/mol. The van der Waals surface area contributed by atoms with Gasteiger partial charge in [0.05, 0.1) is 27.7 Å². The van der Waals surface area contributed by atoms with E-state index >= 15 is 0 Å². The van der Waals surface area contributed by atoms with Crippen molar-refractivity contribution < 1.29 is 17.6 Å². The molecule has 7 nitrogen and oxygen atoms in total. The molecule has 0 aliphatic carbocycles. The zero-order valence-corrected chi connectivity index (χ0v) is 16.6. The van der Waals surface area contributed by atoms with Gasteiger partial charge in [0.25, 0.3) is 5.56 Å². The van der Waals surface area contributed by atoms with Crippen molar-refractivity contribution in [3.8, 4) is 0 Å². The van der Waals surface area contributed by atoms with Crippen LogP contribution in [0.25, 0.3) is 10.9 Å². The molecule has 2 atom stereocenters. The quantitative estimate of drug-likeness (QED) is 0.590. The number of aromatic nitrogens is 2. The van der Waals surface area contributed by atoms with Gasteiger partial charge in [-0.25, -0.2) is 17.8 Å². The summed E-state index contributed by atoms with van der Waals surface area (Å²) in [5.41, 5.74) is -0.132. The van der Waals surface area contributed by atoms with Gasteiger partial charge in [0.15, 0.2) is 15.0 Å². The predicted molar refractivity (Wildman–Crippen MR) is 102 cm³/mol. The normalized spacial score (nSPS) is 19.9. The highest BCUT2D eigenvalue weighted by atomic mass is 32.2. The molecule has 2 aromatic rings. The minimum atomic E-state index is -3.09. The van der Waals surface area contributed by atoms with Crippen LogP contribution in [0.1, 0.15) is 20.3 Å². The van der Waals surface area contributed by atoms with E-state index in [1.165, 1.54) is 12.1 Å². The van der Waals surface area contributed by atoms with E-state index in [0.717, 1.165) is 17.8 Å². The topological polar surface area (TPSA) is 100 Å². The summed E-state index contributed by atoms with van der Waals surface area (Å²) in [7, 11) is -3.09. The van der Waals surface area contributed by atoms with E-state index in [9.17, 15) is 22.4 Å². The highest BCUT2D eigenvalue weighted by Gasteiger charge is 2.35. The molecule has 0 bridgehead atoms. The lowest BCUT2D eigenvalue weighted by molar-refractivity contribution is -0.131. The lowest BCUT2D eigenvalue weighted by atomic mass is 10.2. The summed E-state index contributed by atoms with van der Waals surface area (Å²) >= 11 is 1.09. The molecule has 0 unspecified atom stereocenters. The Morgan fingerprint density at radius 2 is 2.22 bits per heavy atom. The number of aromatic amines is 1. The lowest BCUT2D eigenvalue weighted by Crippen LogP contribution is -2.44. The Kier molecular flexibility index (Phi) is 5.57. The van der Waals surface area contributed by atoms with Gasteiger partial charge >= 0.3 is 0 Å². The largest absolute Gasteiger partial charge is 0.338 e. The number of rotatable bonds is 5. The van der Waals surface area contributed by atoms with Gasteiger partial charge in [0, 0.05) is 12.6 Å². The number of carbonyl (C=O) groups is 1. The summed E-state index contributed by atoms with van der Waals surface area (Å²) in [6, 6.07) is 3.43. The van der Waals surface area contributed by atoms with E-state index in [2.05, 4.69) is 9.97 Å². The summed E-state index contributed by atoms with van der Waals surface area (Å²) in [6.45, 7) is 3.91. The molecule has 1 aromatic heterocycles. The Balaban J connectivity index is 1.78. The lowest BCUT2D eigenvalue weighted by Gasteiger charge is -2.29. The number of hydrogen-bond acceptors (Lipinski definition) is 6. The second-order valence-corrected chi connectivity index (χ2v) is 10.0. The summed E-state index contributed by atoms with van der Waals surface area (Å²) < 4.78 is 36.7. The Morgan fingerprint density at radius 1 is 1.48 bits per heavy atom. The van der Waals surface area contributed by atoms with E-state index in [1.54, 1.807) is 11.8 Å². The van der Waals surface area contributed by atoms with Crippen molar-refractivity contribution in [3.05, 3.63) is 34.4 Å². The van der Waals surface area contributed by atoms with Crippen molar-refractivity contribution in [1.82, 2.24) is 14.9 Å². The SMILES string of the molecule is CCN(C(=O)[C@H](C)Sc1nc2ccc(F)cc2c(=O)[nH]1)[C@H]1CCS(=O)(=O)C1. The first-order valence-corrected chi connectivity index (χ1v) is 11.3. The number of H-pyrrole nitrogens is 1. The van der Waals surface area contributed by atoms with Gasteiger partial charge in [-0.2, -0.15) is 0 Å². The van der Waals surface area contributed by atoms with Crippen molar-refractivity contribution in [2.45, 2.75) is 36.7 Å². The minimum absolute atomic E-state index is 0.0133. The third kappa shape index (κ3) is 4.32. The molecule has 1 amide bonds. The number of fused-ring (bicyclic) bond motifs is 1. The molecule has 1 fully saturated rings. The third-order valence-electron chi connectivity index (χ3n) is 4.55. The number of thioether (sulfide) groups is 1. The van der Waals surface area contributed by atoms with Crippen LogP contribution in [0.15, 0.2) is 28.2 Å². The van der Waals surface area contributed by atoms with Gasteiger partial charge in [0.1, 0.15) is 5.82 Å². The monoisotopic (exact) mass is 413 g/mol. The zero-order valence-electron chi connectivity index (χ0n) is 14.9. The van der Waals surface area contributed by atoms with Gasteiger partial charge in [-0.3, -0.25) is 9.59 Å². The number of nitrogens with one attached hydrogen (secondary N) is 1. The number of sulfone groups is 1. The molecule has 2 heterocycles. The van der Waals surface area contributed by atoms with Crippen molar-refractivity contribution >= 4 is 38.4 Å². The smallest absolute Gasteiger partial charge is 0.259 e. The van der Waals surface area contributed by atoms with E-state index in [4.69, 9.17) is 0 Å². The van der Waals surface area contributed by atoms with Gasteiger partial charge in [-0.1, -0.05) is 11.8 Å². The third-order valence-corrected chi connectivity index (χ3v) is 7.28. The first kappa shape index (κ1) is 19.8. The van der Waals surface area contributed by atoms with Crippen LogP contribution >= 0.6 is 11.8 Å². The van der Waals surface area contributed by atoms with Gasteiger partial charge in [0.2, 0.25) is 5.91 Å². The first-order chi connectivity index (χ1) is 12.7. The molecule has 1 aliphatic rings. The molecule has 0 saturated carbocycles. The molecule has 1 aliphatic heterocycles. The van der Waals surface area contributed by atoms with Crippen LogP contribution in [-0.2, 0) is 14.6 Å². The molecule has 1 N–H and O–H groups in total. The van der Waals surface area contributed by atoms with Crippen LogP contribution in [0.5, 0.6) is 0 Å². The fourth-order valence-corrected chi connectivity index (χ4v) is 5.82. The van der Waals surface area contributed by atoms with Crippen LogP contribution in [0.2, 0.25) is 0 Å². The minimum Gasteiger partial charge on any atom is -0.338 e. The average molecular weight is 413 g/mol. The second-order valence-electron chi connectivity index (χ2n) is 6.47. The zero-order chi connectivity index (χ0) is 19.8. The average Bonchev–Trinajstić information content (AvgIpc) is 2.96. The van der Waals surface area contributed by atoms with E-state index in [0.29, 0.717) is 18.5 Å². The maximum Gasteiger partial charge on any atom is 0.259 e. The number of benzene rings is 1. The Morgan fingerprint density at radius 3 is 2.85 bits per heavy atom. The summed E-state index contributed by atoms with van der Waals surface area (Å²) in [4.78, 5) is 33.4. The standard InChI is InChI=1S/C17H20FN3O4S2/c1-3-21(12-6-7-27(24,25)9-12)16(23)10(2)26-17-19-14-5-4-11(18)8-13(14)15(22)20-17/h4-5,8,10,12H,3,6-7,9H2,1-2H3,(H,19,20,22)/t10-,12-/m0/s1. The highest BCUT2D eigenvalue weighted by Crippen LogP contribution is 2.25. The number of hydrogen-bond donors (Lipinski definition) is 1. The van der Waals surface area contributed by atoms with Crippen molar-refractivity contribution in [1.29, 1.82) is 0 Å². The number of nitrogens with zero attached hydrogens (tertiary/aromatic N) is 2. The molecule has 0 spiro atoms. The van der Waals surface area contributed by atoms with Gasteiger partial charge in [-0.05, 0) is 38.5 Å². The Hall–Kier alpha value is -1.94.